The standard InChI is InChI=1S/C12H14ClN3O/c1-7-6-14-12(13)16-11(7)15-9(3)10-5-4-8(2)17-10/h4-6,9H,1-3H3,(H,14,15,16). The molecule has 90 valence electrons. The molecule has 2 aromatic rings. The highest BCUT2D eigenvalue weighted by Gasteiger charge is 2.11. The van der Waals surface area contributed by atoms with Crippen LogP contribution in [0.15, 0.2) is 22.7 Å². The molecule has 1 N–H and O–H groups in total. The highest BCUT2D eigenvalue weighted by Crippen LogP contribution is 2.22. The Kier molecular flexibility index (Phi) is 3.33. The van der Waals surface area contributed by atoms with Crippen LogP contribution in [0.4, 0.5) is 5.82 Å². The lowest BCUT2D eigenvalue weighted by Gasteiger charge is -2.13. The van der Waals surface area contributed by atoms with Crippen molar-refractivity contribution in [1.82, 2.24) is 9.97 Å². The van der Waals surface area contributed by atoms with Crippen LogP contribution in [0.1, 0.15) is 30.0 Å². The van der Waals surface area contributed by atoms with Gasteiger partial charge in [-0.3, -0.25) is 0 Å². The van der Waals surface area contributed by atoms with Crippen LogP contribution < -0.4 is 5.32 Å². The number of hydrogen-bond acceptors (Lipinski definition) is 4. The van der Waals surface area contributed by atoms with Crippen molar-refractivity contribution >= 4 is 17.4 Å². The first-order chi connectivity index (χ1) is 8.06. The molecule has 0 aliphatic rings. The molecule has 0 saturated carbocycles. The van der Waals surface area contributed by atoms with Gasteiger partial charge in [-0.15, -0.1) is 0 Å². The van der Waals surface area contributed by atoms with Crippen molar-refractivity contribution in [1.29, 1.82) is 0 Å². The van der Waals surface area contributed by atoms with Gasteiger partial charge in [0.1, 0.15) is 17.3 Å². The zero-order valence-corrected chi connectivity index (χ0v) is 10.7. The first-order valence-corrected chi connectivity index (χ1v) is 5.76. The first kappa shape index (κ1) is 11.9. The number of aryl methyl sites for hydroxylation is 2. The molecule has 1 unspecified atom stereocenters. The summed E-state index contributed by atoms with van der Waals surface area (Å²) in [7, 11) is 0. The van der Waals surface area contributed by atoms with Gasteiger partial charge in [0.25, 0.3) is 0 Å². The number of hydrogen-bond donors (Lipinski definition) is 1. The Morgan fingerprint density at radius 1 is 1.35 bits per heavy atom. The van der Waals surface area contributed by atoms with Crippen LogP contribution in [0.2, 0.25) is 5.28 Å². The summed E-state index contributed by atoms with van der Waals surface area (Å²) in [5, 5.41) is 3.49. The van der Waals surface area contributed by atoms with Gasteiger partial charge in [0.05, 0.1) is 6.04 Å². The molecule has 2 rings (SSSR count). The molecule has 1 atom stereocenters. The molecule has 0 amide bonds. The molecule has 0 aliphatic heterocycles. The minimum atomic E-state index is 0.0355. The summed E-state index contributed by atoms with van der Waals surface area (Å²) < 4.78 is 5.55. The summed E-state index contributed by atoms with van der Waals surface area (Å²) in [5.41, 5.74) is 0.949. The SMILES string of the molecule is Cc1ccc(C(C)Nc2nc(Cl)ncc2C)o1. The second-order valence-electron chi connectivity index (χ2n) is 3.99. The van der Waals surface area contributed by atoms with Crippen LogP contribution in [-0.2, 0) is 0 Å². The quantitative estimate of drug-likeness (QED) is 0.848. The monoisotopic (exact) mass is 251 g/mol. The maximum absolute atomic E-state index is 5.76. The van der Waals surface area contributed by atoms with E-state index < -0.39 is 0 Å². The van der Waals surface area contributed by atoms with Gasteiger partial charge in [-0.2, -0.15) is 0 Å². The van der Waals surface area contributed by atoms with E-state index in [0.29, 0.717) is 0 Å². The summed E-state index contributed by atoms with van der Waals surface area (Å²) in [5.74, 6) is 2.49. The van der Waals surface area contributed by atoms with E-state index in [1.165, 1.54) is 0 Å². The topological polar surface area (TPSA) is 51.0 Å². The summed E-state index contributed by atoms with van der Waals surface area (Å²) in [4.78, 5) is 8.06. The van der Waals surface area contributed by atoms with Crippen molar-refractivity contribution in [3.8, 4) is 0 Å². The Labute approximate surface area is 105 Å². The van der Waals surface area contributed by atoms with Crippen LogP contribution in [0.5, 0.6) is 0 Å². The van der Waals surface area contributed by atoms with Crippen molar-refractivity contribution in [2.24, 2.45) is 0 Å². The van der Waals surface area contributed by atoms with E-state index in [1.807, 2.05) is 32.9 Å². The summed E-state index contributed by atoms with van der Waals surface area (Å²) in [6.45, 7) is 5.86. The van der Waals surface area contributed by atoms with Gasteiger partial charge in [-0.1, -0.05) is 0 Å². The predicted molar refractivity (Wildman–Crippen MR) is 67.3 cm³/mol. The maximum Gasteiger partial charge on any atom is 0.224 e. The smallest absolute Gasteiger partial charge is 0.224 e. The Morgan fingerprint density at radius 3 is 2.76 bits per heavy atom. The molecule has 2 heterocycles. The Morgan fingerprint density at radius 2 is 2.12 bits per heavy atom. The van der Waals surface area contributed by atoms with E-state index >= 15 is 0 Å². The van der Waals surface area contributed by atoms with Crippen LogP contribution in [0.25, 0.3) is 0 Å². The number of rotatable bonds is 3. The molecule has 17 heavy (non-hydrogen) atoms. The summed E-state index contributed by atoms with van der Waals surface area (Å²) in [6.07, 6.45) is 1.69. The zero-order valence-electron chi connectivity index (χ0n) is 9.99. The molecule has 0 spiro atoms. The lowest BCUT2D eigenvalue weighted by Crippen LogP contribution is -2.08. The molecule has 4 nitrogen and oxygen atoms in total. The van der Waals surface area contributed by atoms with Gasteiger partial charge >= 0.3 is 0 Å². The van der Waals surface area contributed by atoms with Crippen LogP contribution >= 0.6 is 11.6 Å². The number of aromatic nitrogens is 2. The van der Waals surface area contributed by atoms with Crippen LogP contribution in [0.3, 0.4) is 0 Å². The van der Waals surface area contributed by atoms with E-state index in [-0.39, 0.29) is 11.3 Å². The van der Waals surface area contributed by atoms with E-state index in [0.717, 1.165) is 22.9 Å². The molecule has 2 aromatic heterocycles. The van der Waals surface area contributed by atoms with E-state index in [2.05, 4.69) is 15.3 Å². The Hall–Kier alpha value is -1.55. The average molecular weight is 252 g/mol. The van der Waals surface area contributed by atoms with Crippen LogP contribution in [0, 0.1) is 13.8 Å². The third kappa shape index (κ3) is 2.77. The number of nitrogens with zero attached hydrogens (tertiary/aromatic N) is 2. The molecular weight excluding hydrogens is 238 g/mol. The van der Waals surface area contributed by atoms with E-state index in [4.69, 9.17) is 16.0 Å². The second-order valence-corrected chi connectivity index (χ2v) is 4.32. The lowest BCUT2D eigenvalue weighted by molar-refractivity contribution is 0.466. The number of nitrogens with one attached hydrogen (secondary N) is 1. The molecular formula is C12H14ClN3O. The van der Waals surface area contributed by atoms with Gasteiger partial charge in [-0.25, -0.2) is 9.97 Å². The fourth-order valence-corrected chi connectivity index (χ4v) is 1.66. The number of anilines is 1. The highest BCUT2D eigenvalue weighted by molar-refractivity contribution is 6.28. The molecule has 0 radical (unpaired) electrons. The molecule has 0 bridgehead atoms. The highest BCUT2D eigenvalue weighted by atomic mass is 35.5. The van der Waals surface area contributed by atoms with Gasteiger partial charge in [0.2, 0.25) is 5.28 Å². The first-order valence-electron chi connectivity index (χ1n) is 5.38. The van der Waals surface area contributed by atoms with Gasteiger partial charge < -0.3 is 9.73 Å². The van der Waals surface area contributed by atoms with E-state index in [9.17, 15) is 0 Å². The maximum atomic E-state index is 5.76. The van der Waals surface area contributed by atoms with Crippen molar-refractivity contribution in [2.45, 2.75) is 26.8 Å². The normalized spacial score (nSPS) is 12.5. The molecule has 0 saturated heterocycles. The second kappa shape index (κ2) is 4.75. The zero-order chi connectivity index (χ0) is 12.4. The fourth-order valence-electron chi connectivity index (χ4n) is 1.53. The third-order valence-electron chi connectivity index (χ3n) is 2.48. The lowest BCUT2D eigenvalue weighted by atomic mass is 10.2. The molecule has 0 fully saturated rings. The minimum Gasteiger partial charge on any atom is -0.464 e. The van der Waals surface area contributed by atoms with Gasteiger partial charge in [-0.05, 0) is 44.5 Å². The average Bonchev–Trinajstić information content (AvgIpc) is 2.70. The van der Waals surface area contributed by atoms with Crippen molar-refractivity contribution in [3.63, 3.8) is 0 Å². The summed E-state index contributed by atoms with van der Waals surface area (Å²) >= 11 is 5.76. The van der Waals surface area contributed by atoms with E-state index in [1.54, 1.807) is 6.20 Å². The summed E-state index contributed by atoms with van der Waals surface area (Å²) in [6, 6.07) is 3.92. The Bertz CT molecular complexity index is 524. The minimum absolute atomic E-state index is 0.0355. The Balaban J connectivity index is 2.18. The van der Waals surface area contributed by atoms with Crippen molar-refractivity contribution in [2.75, 3.05) is 5.32 Å². The van der Waals surface area contributed by atoms with Crippen molar-refractivity contribution in [3.05, 3.63) is 40.7 Å². The van der Waals surface area contributed by atoms with Crippen LogP contribution in [-0.4, -0.2) is 9.97 Å². The molecule has 0 aromatic carbocycles. The predicted octanol–water partition coefficient (Wildman–Crippen LogP) is 3.51. The number of furan rings is 1. The number of halogens is 1. The van der Waals surface area contributed by atoms with Gasteiger partial charge in [0.15, 0.2) is 0 Å². The third-order valence-corrected chi connectivity index (χ3v) is 2.67. The molecule has 5 heteroatoms. The van der Waals surface area contributed by atoms with Gasteiger partial charge in [0, 0.05) is 11.8 Å². The largest absolute Gasteiger partial charge is 0.464 e. The van der Waals surface area contributed by atoms with Crippen molar-refractivity contribution < 1.29 is 4.42 Å². The fraction of sp³-hybridized carbons (Fsp3) is 0.333. The molecule has 0 aliphatic carbocycles.